The van der Waals surface area contributed by atoms with Gasteiger partial charge in [0.25, 0.3) is 0 Å². The van der Waals surface area contributed by atoms with E-state index < -0.39 is 0 Å². The molecule has 3 N–H and O–H groups in total. The van der Waals surface area contributed by atoms with Crippen molar-refractivity contribution in [1.82, 2.24) is 10.3 Å². The van der Waals surface area contributed by atoms with Crippen LogP contribution in [0.1, 0.15) is 5.56 Å². The molecule has 3 aromatic rings. The number of anilines is 1. The summed E-state index contributed by atoms with van der Waals surface area (Å²) in [5.41, 5.74) is 2.66. The van der Waals surface area contributed by atoms with Crippen molar-refractivity contribution in [2.45, 2.75) is 6.54 Å². The van der Waals surface area contributed by atoms with Crippen molar-refractivity contribution in [2.75, 3.05) is 19.5 Å². The molecule has 0 unspecified atom stereocenters. The minimum Gasteiger partial charge on any atom is -0.497 e. The Hall–Kier alpha value is -3.15. The number of amides is 2. The highest BCUT2D eigenvalue weighted by Crippen LogP contribution is 2.22. The standard InChI is InChI=1S/C18H19N3O3/c1-23-15-7-12(8-16(10-15)24-2)11-20-18(22)21-14-3-4-17-13(9-14)5-6-19-17/h3-10,19H,11H2,1-2H3,(H2,20,21,22). The summed E-state index contributed by atoms with van der Waals surface area (Å²) in [4.78, 5) is 15.2. The van der Waals surface area contributed by atoms with Crippen molar-refractivity contribution < 1.29 is 14.3 Å². The molecule has 0 saturated heterocycles. The van der Waals surface area contributed by atoms with Gasteiger partial charge in [0, 0.05) is 35.4 Å². The van der Waals surface area contributed by atoms with Gasteiger partial charge in [-0.2, -0.15) is 0 Å². The molecule has 6 nitrogen and oxygen atoms in total. The van der Waals surface area contributed by atoms with Gasteiger partial charge in [0.05, 0.1) is 14.2 Å². The lowest BCUT2D eigenvalue weighted by molar-refractivity contribution is 0.251. The van der Waals surface area contributed by atoms with E-state index in [9.17, 15) is 4.79 Å². The molecule has 6 heteroatoms. The van der Waals surface area contributed by atoms with E-state index in [0.29, 0.717) is 18.0 Å². The number of fused-ring (bicyclic) bond motifs is 1. The molecule has 0 saturated carbocycles. The van der Waals surface area contributed by atoms with Gasteiger partial charge >= 0.3 is 6.03 Å². The minimum atomic E-state index is -0.272. The average molecular weight is 325 g/mol. The Kier molecular flexibility index (Phi) is 4.56. The Balaban J connectivity index is 1.62. The van der Waals surface area contributed by atoms with Crippen LogP contribution in [0.25, 0.3) is 10.9 Å². The van der Waals surface area contributed by atoms with Gasteiger partial charge < -0.3 is 25.1 Å². The zero-order valence-corrected chi connectivity index (χ0v) is 13.6. The van der Waals surface area contributed by atoms with Crippen LogP contribution in [0.4, 0.5) is 10.5 Å². The van der Waals surface area contributed by atoms with Crippen LogP contribution in [0.2, 0.25) is 0 Å². The van der Waals surface area contributed by atoms with E-state index >= 15 is 0 Å². The molecule has 2 aromatic carbocycles. The lowest BCUT2D eigenvalue weighted by atomic mass is 10.2. The van der Waals surface area contributed by atoms with Crippen LogP contribution in [0.15, 0.2) is 48.7 Å². The summed E-state index contributed by atoms with van der Waals surface area (Å²) in [6.45, 7) is 0.367. The highest BCUT2D eigenvalue weighted by molar-refractivity contribution is 5.92. The van der Waals surface area contributed by atoms with Gasteiger partial charge in [0.1, 0.15) is 11.5 Å². The van der Waals surface area contributed by atoms with Crippen LogP contribution in [0.5, 0.6) is 11.5 Å². The Labute approximate surface area is 139 Å². The molecule has 124 valence electrons. The summed E-state index contributed by atoms with van der Waals surface area (Å²) in [6, 6.07) is 12.9. The van der Waals surface area contributed by atoms with Gasteiger partial charge in [-0.15, -0.1) is 0 Å². The number of methoxy groups -OCH3 is 2. The minimum absolute atomic E-state index is 0.272. The topological polar surface area (TPSA) is 75.4 Å². The molecule has 0 spiro atoms. The number of ether oxygens (including phenoxy) is 2. The lowest BCUT2D eigenvalue weighted by Gasteiger charge is -2.10. The first-order valence-corrected chi connectivity index (χ1v) is 7.52. The monoisotopic (exact) mass is 325 g/mol. The average Bonchev–Trinajstić information content (AvgIpc) is 3.07. The normalized spacial score (nSPS) is 10.4. The molecule has 0 aliphatic carbocycles. The van der Waals surface area contributed by atoms with Crippen LogP contribution in [-0.4, -0.2) is 25.2 Å². The third-order valence-corrected chi connectivity index (χ3v) is 3.68. The fourth-order valence-corrected chi connectivity index (χ4v) is 2.46. The first-order chi connectivity index (χ1) is 11.7. The summed E-state index contributed by atoms with van der Waals surface area (Å²) in [7, 11) is 3.19. The number of H-pyrrole nitrogens is 1. The largest absolute Gasteiger partial charge is 0.497 e. The molecule has 0 bridgehead atoms. The first kappa shape index (κ1) is 15.7. The van der Waals surface area contributed by atoms with E-state index in [0.717, 1.165) is 22.2 Å². The summed E-state index contributed by atoms with van der Waals surface area (Å²) in [5.74, 6) is 1.37. The summed E-state index contributed by atoms with van der Waals surface area (Å²) < 4.78 is 10.4. The number of hydrogen-bond donors (Lipinski definition) is 3. The third-order valence-electron chi connectivity index (χ3n) is 3.68. The fourth-order valence-electron chi connectivity index (χ4n) is 2.46. The highest BCUT2D eigenvalue weighted by Gasteiger charge is 2.06. The first-order valence-electron chi connectivity index (χ1n) is 7.52. The smallest absolute Gasteiger partial charge is 0.319 e. The fraction of sp³-hybridized carbons (Fsp3) is 0.167. The van der Waals surface area contributed by atoms with Gasteiger partial charge in [-0.1, -0.05) is 0 Å². The number of benzene rings is 2. The third kappa shape index (κ3) is 3.60. The Bertz CT molecular complexity index is 835. The van der Waals surface area contributed by atoms with Gasteiger partial charge in [0.2, 0.25) is 0 Å². The van der Waals surface area contributed by atoms with Crippen molar-refractivity contribution in [2.24, 2.45) is 0 Å². The summed E-state index contributed by atoms with van der Waals surface area (Å²) >= 11 is 0. The second-order valence-corrected chi connectivity index (χ2v) is 5.31. The highest BCUT2D eigenvalue weighted by atomic mass is 16.5. The lowest BCUT2D eigenvalue weighted by Crippen LogP contribution is -2.28. The molecule has 0 aliphatic heterocycles. The molecule has 0 radical (unpaired) electrons. The van der Waals surface area contributed by atoms with E-state index in [1.54, 1.807) is 20.3 Å². The molecular formula is C18H19N3O3. The van der Waals surface area contributed by atoms with Crippen LogP contribution < -0.4 is 20.1 Å². The number of carbonyl (C=O) groups excluding carboxylic acids is 1. The quantitative estimate of drug-likeness (QED) is 0.672. The zero-order chi connectivity index (χ0) is 16.9. The number of urea groups is 1. The van der Waals surface area contributed by atoms with Crippen molar-refractivity contribution in [3.63, 3.8) is 0 Å². The van der Waals surface area contributed by atoms with E-state index in [1.807, 2.05) is 42.6 Å². The van der Waals surface area contributed by atoms with Gasteiger partial charge in [-0.3, -0.25) is 0 Å². The number of aromatic amines is 1. The van der Waals surface area contributed by atoms with E-state index in [-0.39, 0.29) is 6.03 Å². The Morgan fingerprint density at radius 3 is 2.50 bits per heavy atom. The predicted octanol–water partition coefficient (Wildman–Crippen LogP) is 3.51. The van der Waals surface area contributed by atoms with E-state index in [2.05, 4.69) is 15.6 Å². The maximum Gasteiger partial charge on any atom is 0.319 e. The van der Waals surface area contributed by atoms with Crippen LogP contribution in [-0.2, 0) is 6.54 Å². The number of carbonyl (C=O) groups is 1. The molecule has 1 aromatic heterocycles. The molecule has 0 atom stereocenters. The second kappa shape index (κ2) is 6.95. The number of rotatable bonds is 5. The molecule has 24 heavy (non-hydrogen) atoms. The molecule has 2 amide bonds. The van der Waals surface area contributed by atoms with Gasteiger partial charge in [0.15, 0.2) is 0 Å². The molecule has 0 fully saturated rings. The SMILES string of the molecule is COc1cc(CNC(=O)Nc2ccc3[nH]ccc3c2)cc(OC)c1. The van der Waals surface area contributed by atoms with Gasteiger partial charge in [-0.05, 0) is 42.0 Å². The Morgan fingerprint density at radius 2 is 1.79 bits per heavy atom. The van der Waals surface area contributed by atoms with Crippen LogP contribution in [0.3, 0.4) is 0 Å². The molecule has 1 heterocycles. The maximum atomic E-state index is 12.1. The second-order valence-electron chi connectivity index (χ2n) is 5.31. The summed E-state index contributed by atoms with van der Waals surface area (Å²) in [5, 5.41) is 6.69. The number of hydrogen-bond acceptors (Lipinski definition) is 3. The summed E-state index contributed by atoms with van der Waals surface area (Å²) in [6.07, 6.45) is 1.87. The van der Waals surface area contributed by atoms with E-state index in [1.165, 1.54) is 0 Å². The molecule has 3 rings (SSSR count). The van der Waals surface area contributed by atoms with Crippen LogP contribution >= 0.6 is 0 Å². The maximum absolute atomic E-state index is 12.1. The van der Waals surface area contributed by atoms with Crippen molar-refractivity contribution in [3.05, 3.63) is 54.2 Å². The number of nitrogens with one attached hydrogen (secondary N) is 3. The van der Waals surface area contributed by atoms with Crippen LogP contribution in [0, 0.1) is 0 Å². The van der Waals surface area contributed by atoms with E-state index in [4.69, 9.17) is 9.47 Å². The van der Waals surface area contributed by atoms with Crippen molar-refractivity contribution in [3.8, 4) is 11.5 Å². The predicted molar refractivity (Wildman–Crippen MR) is 93.7 cm³/mol. The van der Waals surface area contributed by atoms with Crippen molar-refractivity contribution >= 4 is 22.6 Å². The van der Waals surface area contributed by atoms with Gasteiger partial charge in [-0.25, -0.2) is 4.79 Å². The zero-order valence-electron chi connectivity index (χ0n) is 13.6. The molecular weight excluding hydrogens is 306 g/mol. The Morgan fingerprint density at radius 1 is 1.04 bits per heavy atom. The number of aromatic nitrogens is 1. The molecule has 0 aliphatic rings. The van der Waals surface area contributed by atoms with Crippen molar-refractivity contribution in [1.29, 1.82) is 0 Å².